The Morgan fingerprint density at radius 1 is 1.37 bits per heavy atom. The fourth-order valence-corrected chi connectivity index (χ4v) is 2.42. The van der Waals surface area contributed by atoms with Gasteiger partial charge in [-0.2, -0.15) is 5.10 Å². The molecule has 5 heteroatoms. The molecule has 0 atom stereocenters. The molecule has 0 radical (unpaired) electrons. The second-order valence-electron chi connectivity index (χ2n) is 4.71. The molecule has 3 N–H and O–H groups in total. The molecule has 0 spiro atoms. The molecule has 1 aliphatic rings. The largest absolute Gasteiger partial charge is 0.326 e. The maximum atomic E-state index is 11.3. The summed E-state index contributed by atoms with van der Waals surface area (Å²) in [5, 5.41) is 13.1. The third kappa shape index (κ3) is 2.24. The topological polar surface area (TPSA) is 69.8 Å². The molecule has 1 aromatic carbocycles. The van der Waals surface area contributed by atoms with Gasteiger partial charge in [0, 0.05) is 24.2 Å². The Labute approximate surface area is 111 Å². The zero-order valence-electron chi connectivity index (χ0n) is 10.8. The number of benzene rings is 1. The Balaban J connectivity index is 1.98. The Hall–Kier alpha value is -2.14. The number of aromatic nitrogens is 2. The van der Waals surface area contributed by atoms with Gasteiger partial charge in [-0.25, -0.2) is 0 Å². The number of fused-ring (bicyclic) bond motifs is 1. The van der Waals surface area contributed by atoms with Crippen LogP contribution in [0.1, 0.15) is 17.7 Å². The van der Waals surface area contributed by atoms with Crippen LogP contribution < -0.4 is 10.6 Å². The van der Waals surface area contributed by atoms with Crippen molar-refractivity contribution >= 4 is 11.6 Å². The van der Waals surface area contributed by atoms with Crippen LogP contribution in [0.5, 0.6) is 0 Å². The van der Waals surface area contributed by atoms with E-state index < -0.39 is 0 Å². The zero-order valence-corrected chi connectivity index (χ0v) is 10.8. The predicted molar refractivity (Wildman–Crippen MR) is 73.7 cm³/mol. The second kappa shape index (κ2) is 4.85. The van der Waals surface area contributed by atoms with E-state index >= 15 is 0 Å². The Bertz CT molecular complexity index is 618. The summed E-state index contributed by atoms with van der Waals surface area (Å²) in [6.07, 6.45) is 3.20. The van der Waals surface area contributed by atoms with Crippen LogP contribution in [0.15, 0.2) is 24.4 Å². The molecule has 98 valence electrons. The van der Waals surface area contributed by atoms with Crippen LogP contribution in [0.25, 0.3) is 11.1 Å². The number of amides is 1. The molecule has 0 fully saturated rings. The molecule has 5 nitrogen and oxygen atoms in total. The zero-order chi connectivity index (χ0) is 13.2. The lowest BCUT2D eigenvalue weighted by Gasteiger charge is -2.17. The minimum atomic E-state index is 0.0967. The van der Waals surface area contributed by atoms with Gasteiger partial charge in [-0.15, -0.1) is 0 Å². The van der Waals surface area contributed by atoms with Gasteiger partial charge in [-0.05, 0) is 36.7 Å². The number of rotatable bonds is 3. The lowest BCUT2D eigenvalue weighted by Crippen LogP contribution is -2.18. The van der Waals surface area contributed by atoms with Gasteiger partial charge in [0.25, 0.3) is 0 Å². The van der Waals surface area contributed by atoms with Gasteiger partial charge in [0.15, 0.2) is 0 Å². The summed E-state index contributed by atoms with van der Waals surface area (Å²) in [6.45, 7) is 0.753. The first-order valence-corrected chi connectivity index (χ1v) is 6.38. The van der Waals surface area contributed by atoms with Crippen molar-refractivity contribution in [2.24, 2.45) is 0 Å². The smallest absolute Gasteiger partial charge is 0.224 e. The first kappa shape index (κ1) is 11.9. The Kier molecular flexibility index (Phi) is 3.05. The van der Waals surface area contributed by atoms with E-state index in [1.165, 1.54) is 5.56 Å². The van der Waals surface area contributed by atoms with Crippen molar-refractivity contribution in [1.29, 1.82) is 0 Å². The van der Waals surface area contributed by atoms with Crippen molar-refractivity contribution in [1.82, 2.24) is 15.5 Å². The van der Waals surface area contributed by atoms with Crippen molar-refractivity contribution in [3.63, 3.8) is 0 Å². The van der Waals surface area contributed by atoms with E-state index in [1.807, 2.05) is 25.4 Å². The van der Waals surface area contributed by atoms with Gasteiger partial charge in [0.1, 0.15) is 0 Å². The molecular weight excluding hydrogens is 240 g/mol. The minimum Gasteiger partial charge on any atom is -0.326 e. The highest BCUT2D eigenvalue weighted by Crippen LogP contribution is 2.29. The maximum absolute atomic E-state index is 11.3. The van der Waals surface area contributed by atoms with Gasteiger partial charge >= 0.3 is 0 Å². The number of hydrogen-bond donors (Lipinski definition) is 3. The van der Waals surface area contributed by atoms with Gasteiger partial charge in [-0.3, -0.25) is 9.89 Å². The third-order valence-electron chi connectivity index (χ3n) is 3.38. The summed E-state index contributed by atoms with van der Waals surface area (Å²) in [5.41, 5.74) is 5.43. The molecule has 1 aliphatic heterocycles. The third-order valence-corrected chi connectivity index (χ3v) is 3.38. The lowest BCUT2D eigenvalue weighted by atomic mass is 9.97. The van der Waals surface area contributed by atoms with E-state index in [2.05, 4.69) is 26.9 Å². The molecule has 19 heavy (non-hydrogen) atoms. The van der Waals surface area contributed by atoms with E-state index in [1.54, 1.807) is 0 Å². The number of carbonyl (C=O) groups excluding carboxylic acids is 1. The van der Waals surface area contributed by atoms with Crippen LogP contribution in [-0.4, -0.2) is 23.2 Å². The molecule has 1 amide bonds. The highest BCUT2D eigenvalue weighted by molar-refractivity contribution is 5.94. The maximum Gasteiger partial charge on any atom is 0.224 e. The predicted octanol–water partition coefficient (Wildman–Crippen LogP) is 1.68. The first-order chi connectivity index (χ1) is 9.28. The second-order valence-corrected chi connectivity index (χ2v) is 4.71. The molecule has 0 saturated heterocycles. The van der Waals surface area contributed by atoms with Gasteiger partial charge in [-0.1, -0.05) is 6.07 Å². The van der Waals surface area contributed by atoms with E-state index in [4.69, 9.17) is 0 Å². The quantitative estimate of drug-likeness (QED) is 0.782. The highest BCUT2D eigenvalue weighted by atomic mass is 16.1. The minimum absolute atomic E-state index is 0.0967. The van der Waals surface area contributed by atoms with E-state index in [0.717, 1.165) is 35.5 Å². The summed E-state index contributed by atoms with van der Waals surface area (Å²) in [6, 6.07) is 6.13. The molecule has 0 unspecified atom stereocenters. The SMILES string of the molecule is CNCc1[nH]ncc1-c1ccc2c(c1)CCC(=O)N2. The number of nitrogens with zero attached hydrogens (tertiary/aromatic N) is 1. The number of nitrogens with one attached hydrogen (secondary N) is 3. The average Bonchev–Trinajstić information content (AvgIpc) is 2.87. The standard InChI is InChI=1S/C14H16N4O/c1-15-8-13-11(7-16-18-13)9-2-4-12-10(6-9)3-5-14(19)17-12/h2,4,6-7,15H,3,5,8H2,1H3,(H,16,18)(H,17,19). The summed E-state index contributed by atoms with van der Waals surface area (Å²) in [4.78, 5) is 11.3. The van der Waals surface area contributed by atoms with Crippen molar-refractivity contribution < 1.29 is 4.79 Å². The van der Waals surface area contributed by atoms with Crippen LogP contribution >= 0.6 is 0 Å². The first-order valence-electron chi connectivity index (χ1n) is 6.38. The van der Waals surface area contributed by atoms with Crippen LogP contribution in [0.3, 0.4) is 0 Å². The molecule has 2 heterocycles. The van der Waals surface area contributed by atoms with Crippen molar-refractivity contribution in [2.45, 2.75) is 19.4 Å². The summed E-state index contributed by atoms with van der Waals surface area (Å²) in [5.74, 6) is 0.0967. The molecule has 0 bridgehead atoms. The molecular formula is C14H16N4O. The number of hydrogen-bond acceptors (Lipinski definition) is 3. The number of carbonyl (C=O) groups is 1. The normalized spacial score (nSPS) is 14.1. The van der Waals surface area contributed by atoms with Gasteiger partial charge < -0.3 is 10.6 Å². The van der Waals surface area contributed by atoms with Crippen molar-refractivity contribution in [3.05, 3.63) is 35.7 Å². The molecule has 2 aromatic rings. The van der Waals surface area contributed by atoms with Crippen LogP contribution in [0.4, 0.5) is 5.69 Å². The van der Waals surface area contributed by atoms with Crippen LogP contribution in [0, 0.1) is 0 Å². The Morgan fingerprint density at radius 2 is 2.26 bits per heavy atom. The highest BCUT2D eigenvalue weighted by Gasteiger charge is 2.16. The lowest BCUT2D eigenvalue weighted by molar-refractivity contribution is -0.116. The van der Waals surface area contributed by atoms with E-state index in [9.17, 15) is 4.79 Å². The molecule has 3 rings (SSSR count). The summed E-state index contributed by atoms with van der Waals surface area (Å²) >= 11 is 0. The number of anilines is 1. The van der Waals surface area contributed by atoms with Crippen molar-refractivity contribution in [3.8, 4) is 11.1 Å². The number of aromatic amines is 1. The Morgan fingerprint density at radius 3 is 3.11 bits per heavy atom. The van der Waals surface area contributed by atoms with Crippen molar-refractivity contribution in [2.75, 3.05) is 12.4 Å². The van der Waals surface area contributed by atoms with Gasteiger partial charge in [0.2, 0.25) is 5.91 Å². The van der Waals surface area contributed by atoms with E-state index in [0.29, 0.717) is 6.42 Å². The fourth-order valence-electron chi connectivity index (χ4n) is 2.42. The molecule has 0 saturated carbocycles. The summed E-state index contributed by atoms with van der Waals surface area (Å²) in [7, 11) is 1.91. The van der Waals surface area contributed by atoms with E-state index in [-0.39, 0.29) is 5.91 Å². The molecule has 0 aliphatic carbocycles. The fraction of sp³-hybridized carbons (Fsp3) is 0.286. The van der Waals surface area contributed by atoms with Crippen LogP contribution in [0.2, 0.25) is 0 Å². The molecule has 1 aromatic heterocycles. The van der Waals surface area contributed by atoms with Gasteiger partial charge in [0.05, 0.1) is 11.9 Å². The summed E-state index contributed by atoms with van der Waals surface area (Å²) < 4.78 is 0. The monoisotopic (exact) mass is 256 g/mol. The van der Waals surface area contributed by atoms with Crippen LogP contribution in [-0.2, 0) is 17.8 Å². The average molecular weight is 256 g/mol. The number of aryl methyl sites for hydroxylation is 1. The number of H-pyrrole nitrogens is 1.